The van der Waals surface area contributed by atoms with Gasteiger partial charge in [0.1, 0.15) is 6.61 Å². The Morgan fingerprint density at radius 2 is 2.23 bits per heavy atom. The van der Waals surface area contributed by atoms with E-state index in [0.29, 0.717) is 25.3 Å². The number of nitrogens with zero attached hydrogens (tertiary/aromatic N) is 3. The first-order valence-electron chi connectivity index (χ1n) is 8.77. The van der Waals surface area contributed by atoms with Crippen molar-refractivity contribution in [2.75, 3.05) is 40.5 Å². The third-order valence-corrected chi connectivity index (χ3v) is 4.95. The molecule has 0 N–H and O–H groups in total. The summed E-state index contributed by atoms with van der Waals surface area (Å²) < 4.78 is 24.7. The van der Waals surface area contributed by atoms with Gasteiger partial charge in [0, 0.05) is 38.5 Å². The summed E-state index contributed by atoms with van der Waals surface area (Å²) in [6.07, 6.45) is 2.79. The second kappa shape index (κ2) is 8.09. The molecule has 8 heteroatoms. The molecule has 2 aliphatic rings. The number of fused-ring (bicyclic) bond motifs is 1. The van der Waals surface area contributed by atoms with Crippen molar-refractivity contribution < 1.29 is 23.5 Å². The summed E-state index contributed by atoms with van der Waals surface area (Å²) >= 11 is 0. The predicted octanol–water partition coefficient (Wildman–Crippen LogP) is 0.945. The summed E-state index contributed by atoms with van der Waals surface area (Å²) in [6, 6.07) is 2.64. The van der Waals surface area contributed by atoms with Gasteiger partial charge < -0.3 is 19.3 Å². The number of carbonyl (C=O) groups excluding carboxylic acids is 2. The Morgan fingerprint density at radius 3 is 2.96 bits per heavy atom. The number of aromatic nitrogens is 1. The lowest BCUT2D eigenvalue weighted by molar-refractivity contribution is -0.134. The average Bonchev–Trinajstić information content (AvgIpc) is 3.03. The highest BCUT2D eigenvalue weighted by Gasteiger charge is 2.43. The molecular formula is C18H24FN3O4. The lowest BCUT2D eigenvalue weighted by atomic mass is 10.1. The number of halogens is 1. The van der Waals surface area contributed by atoms with Gasteiger partial charge in [0.25, 0.3) is 5.91 Å². The zero-order valence-electron chi connectivity index (χ0n) is 15.1. The normalized spacial score (nSPS) is 25.0. The molecule has 142 valence electrons. The quantitative estimate of drug-likeness (QED) is 0.727. The van der Waals surface area contributed by atoms with Crippen molar-refractivity contribution in [1.29, 1.82) is 0 Å². The number of pyridine rings is 1. The minimum absolute atomic E-state index is 0.0439. The van der Waals surface area contributed by atoms with E-state index in [2.05, 4.69) is 4.98 Å². The molecule has 2 amide bonds. The average molecular weight is 365 g/mol. The number of rotatable bonds is 5. The molecule has 0 aromatic carbocycles. The Hall–Kier alpha value is -2.06. The zero-order chi connectivity index (χ0) is 18.7. The lowest BCUT2D eigenvalue weighted by Crippen LogP contribution is -2.51. The van der Waals surface area contributed by atoms with Crippen LogP contribution in [0.1, 0.15) is 23.2 Å². The fourth-order valence-corrected chi connectivity index (χ4v) is 3.58. The fraction of sp³-hybridized carbons (Fsp3) is 0.611. The van der Waals surface area contributed by atoms with Crippen molar-refractivity contribution in [1.82, 2.24) is 14.8 Å². The third kappa shape index (κ3) is 4.19. The third-order valence-electron chi connectivity index (χ3n) is 4.95. The Labute approximate surface area is 152 Å². The molecule has 2 heterocycles. The van der Waals surface area contributed by atoms with Crippen molar-refractivity contribution in [3.8, 4) is 0 Å². The molecule has 3 atom stereocenters. The van der Waals surface area contributed by atoms with E-state index in [1.54, 1.807) is 19.0 Å². The fourth-order valence-electron chi connectivity index (χ4n) is 3.58. The van der Waals surface area contributed by atoms with Crippen molar-refractivity contribution in [2.45, 2.75) is 25.0 Å². The molecule has 1 aliphatic carbocycles. The largest absolute Gasteiger partial charge is 0.374 e. The minimum Gasteiger partial charge on any atom is -0.374 e. The maximum Gasteiger partial charge on any atom is 0.254 e. The van der Waals surface area contributed by atoms with Gasteiger partial charge in [-0.05, 0) is 24.8 Å². The van der Waals surface area contributed by atoms with Crippen LogP contribution in [-0.4, -0.2) is 79.2 Å². The van der Waals surface area contributed by atoms with Crippen LogP contribution in [0.5, 0.6) is 0 Å². The van der Waals surface area contributed by atoms with E-state index >= 15 is 0 Å². The summed E-state index contributed by atoms with van der Waals surface area (Å²) in [4.78, 5) is 31.1. The summed E-state index contributed by atoms with van der Waals surface area (Å²) in [5.41, 5.74) is 0.300. The molecule has 1 aliphatic heterocycles. The number of morpholine rings is 1. The van der Waals surface area contributed by atoms with Gasteiger partial charge in [-0.1, -0.05) is 0 Å². The van der Waals surface area contributed by atoms with Crippen LogP contribution in [-0.2, 0) is 14.3 Å². The molecule has 0 radical (unpaired) electrons. The van der Waals surface area contributed by atoms with E-state index in [4.69, 9.17) is 9.47 Å². The molecule has 26 heavy (non-hydrogen) atoms. The van der Waals surface area contributed by atoms with Crippen LogP contribution in [0.2, 0.25) is 0 Å². The van der Waals surface area contributed by atoms with Gasteiger partial charge in [-0.15, -0.1) is 0 Å². The van der Waals surface area contributed by atoms with Crippen LogP contribution in [0.4, 0.5) is 4.39 Å². The Balaban J connectivity index is 1.59. The van der Waals surface area contributed by atoms with E-state index in [9.17, 15) is 14.0 Å². The van der Waals surface area contributed by atoms with E-state index in [0.717, 1.165) is 18.9 Å². The van der Waals surface area contributed by atoms with Crippen molar-refractivity contribution >= 4 is 11.8 Å². The predicted molar refractivity (Wildman–Crippen MR) is 91.0 cm³/mol. The molecule has 1 aromatic rings. The van der Waals surface area contributed by atoms with E-state index in [-0.39, 0.29) is 36.5 Å². The summed E-state index contributed by atoms with van der Waals surface area (Å²) in [6.45, 7) is 1.46. The second-order valence-electron chi connectivity index (χ2n) is 6.98. The monoisotopic (exact) mass is 365 g/mol. The van der Waals surface area contributed by atoms with E-state index < -0.39 is 5.95 Å². The number of hydrogen-bond acceptors (Lipinski definition) is 5. The van der Waals surface area contributed by atoms with E-state index in [1.165, 1.54) is 17.2 Å². The highest BCUT2D eigenvalue weighted by atomic mass is 19.1. The highest BCUT2D eigenvalue weighted by Crippen LogP contribution is 2.35. The van der Waals surface area contributed by atoms with Gasteiger partial charge >= 0.3 is 0 Å². The van der Waals surface area contributed by atoms with Crippen LogP contribution in [0.15, 0.2) is 18.3 Å². The van der Waals surface area contributed by atoms with Gasteiger partial charge in [-0.2, -0.15) is 4.39 Å². The van der Waals surface area contributed by atoms with Crippen LogP contribution < -0.4 is 0 Å². The van der Waals surface area contributed by atoms with Gasteiger partial charge in [0.05, 0.1) is 25.4 Å². The van der Waals surface area contributed by atoms with Gasteiger partial charge in [0.2, 0.25) is 11.9 Å². The molecule has 0 unspecified atom stereocenters. The van der Waals surface area contributed by atoms with Crippen LogP contribution in [0, 0.1) is 11.9 Å². The Kier molecular flexibility index (Phi) is 5.83. The van der Waals surface area contributed by atoms with Crippen LogP contribution >= 0.6 is 0 Å². The first kappa shape index (κ1) is 18.7. The Morgan fingerprint density at radius 1 is 1.42 bits per heavy atom. The molecule has 7 nitrogen and oxygen atoms in total. The van der Waals surface area contributed by atoms with Gasteiger partial charge in [0.15, 0.2) is 0 Å². The zero-order valence-corrected chi connectivity index (χ0v) is 15.1. The summed E-state index contributed by atoms with van der Waals surface area (Å²) in [5.74, 6) is -0.714. The molecule has 2 fully saturated rings. The van der Waals surface area contributed by atoms with Crippen molar-refractivity contribution in [2.24, 2.45) is 5.92 Å². The molecule has 0 bridgehead atoms. The van der Waals surface area contributed by atoms with Crippen molar-refractivity contribution in [3.05, 3.63) is 29.8 Å². The number of amides is 2. The maximum atomic E-state index is 13.3. The first-order valence-corrected chi connectivity index (χ1v) is 8.77. The molecule has 1 saturated carbocycles. The minimum atomic E-state index is -0.663. The lowest BCUT2D eigenvalue weighted by Gasteiger charge is -2.37. The van der Waals surface area contributed by atoms with Crippen LogP contribution in [0.25, 0.3) is 0 Å². The first-order chi connectivity index (χ1) is 12.5. The summed E-state index contributed by atoms with van der Waals surface area (Å²) in [5, 5.41) is 0. The van der Waals surface area contributed by atoms with Gasteiger partial charge in [-0.25, -0.2) is 4.98 Å². The molecule has 3 rings (SSSR count). The number of ether oxygens (including phenoxy) is 2. The standard InChI is InChI=1S/C18H24FN3O4/c1-21(2)17(23)11-25-10-12-7-14-15(8-12)26-6-5-22(14)18(24)13-3-4-20-16(19)9-13/h3-4,9,12,14-15H,5-8,10-11H2,1-2H3/t12-,14-,15-/m0/s1. The SMILES string of the molecule is CN(C)C(=O)COC[C@@H]1C[C@@H]2OCCN(C(=O)c3ccnc(F)c3)[C@H]2C1. The van der Waals surface area contributed by atoms with Crippen LogP contribution in [0.3, 0.4) is 0 Å². The number of likely N-dealkylation sites (N-methyl/N-ethyl adjacent to an activating group) is 1. The van der Waals surface area contributed by atoms with Gasteiger partial charge in [-0.3, -0.25) is 9.59 Å². The smallest absolute Gasteiger partial charge is 0.254 e. The van der Waals surface area contributed by atoms with Crippen molar-refractivity contribution in [3.63, 3.8) is 0 Å². The second-order valence-corrected chi connectivity index (χ2v) is 6.98. The number of carbonyl (C=O) groups is 2. The Bertz CT molecular complexity index is 670. The molecule has 1 aromatic heterocycles. The topological polar surface area (TPSA) is 72.0 Å². The summed E-state index contributed by atoms with van der Waals surface area (Å²) in [7, 11) is 3.38. The molecule has 0 spiro atoms. The highest BCUT2D eigenvalue weighted by molar-refractivity contribution is 5.94. The van der Waals surface area contributed by atoms with E-state index in [1.807, 2.05) is 0 Å². The maximum absolute atomic E-state index is 13.3. The molecular weight excluding hydrogens is 341 g/mol. The number of hydrogen-bond donors (Lipinski definition) is 0. The molecule has 1 saturated heterocycles.